The fraction of sp³-hybridized carbons (Fsp3) is 0.471. The predicted octanol–water partition coefficient (Wildman–Crippen LogP) is 2.26. The molecule has 0 radical (unpaired) electrons. The largest absolute Gasteiger partial charge is 0.356 e. The van der Waals surface area contributed by atoms with Crippen LogP contribution in [0.1, 0.15) is 46.9 Å². The molecule has 1 heterocycles. The van der Waals surface area contributed by atoms with Crippen LogP contribution in [0.5, 0.6) is 0 Å². The van der Waals surface area contributed by atoms with Crippen LogP contribution < -0.4 is 10.6 Å². The van der Waals surface area contributed by atoms with Crippen molar-refractivity contribution >= 4 is 41.8 Å². The van der Waals surface area contributed by atoms with Crippen LogP contribution in [0.4, 0.5) is 0 Å². The molecule has 1 aliphatic heterocycles. The summed E-state index contributed by atoms with van der Waals surface area (Å²) in [5.41, 5.74) is 1.03. The van der Waals surface area contributed by atoms with Crippen LogP contribution in [-0.2, 0) is 0 Å². The van der Waals surface area contributed by atoms with E-state index in [4.69, 9.17) is 0 Å². The van der Waals surface area contributed by atoms with E-state index in [0.29, 0.717) is 17.7 Å². The van der Waals surface area contributed by atoms with Gasteiger partial charge in [-0.3, -0.25) is 19.5 Å². The molecule has 0 aliphatic carbocycles. The number of carbonyl (C=O) groups excluding carboxylic acids is 2. The number of unbranched alkanes of at least 4 members (excludes halogenated alkanes) is 1. The van der Waals surface area contributed by atoms with Gasteiger partial charge in [-0.2, -0.15) is 0 Å². The zero-order valence-corrected chi connectivity index (χ0v) is 16.5. The van der Waals surface area contributed by atoms with Gasteiger partial charge in [0, 0.05) is 26.7 Å². The minimum atomic E-state index is -0.181. The van der Waals surface area contributed by atoms with Crippen molar-refractivity contribution in [2.45, 2.75) is 26.2 Å². The fourth-order valence-electron chi connectivity index (χ4n) is 2.51. The van der Waals surface area contributed by atoms with E-state index in [1.54, 1.807) is 31.3 Å². The zero-order valence-electron chi connectivity index (χ0n) is 14.2. The quantitative estimate of drug-likeness (QED) is 0.223. The first-order chi connectivity index (χ1) is 11.2. The molecule has 0 fully saturated rings. The smallest absolute Gasteiger partial charge is 0.261 e. The van der Waals surface area contributed by atoms with E-state index in [0.717, 1.165) is 38.3 Å². The highest BCUT2D eigenvalue weighted by Gasteiger charge is 2.34. The molecule has 0 aromatic heterocycles. The molecule has 7 heteroatoms. The number of rotatable bonds is 7. The number of hydrogen-bond acceptors (Lipinski definition) is 3. The summed E-state index contributed by atoms with van der Waals surface area (Å²) in [5.74, 6) is 0.422. The lowest BCUT2D eigenvalue weighted by molar-refractivity contribution is 0.0652. The standard InChI is InChI=1S/C17H24N4O2.HI/c1-3-10-19-17(18-2)20-11-6-7-12-21-15(22)13-8-4-5-9-14(13)16(21)23;/h4-5,8-9H,3,6-7,10-12H2,1-2H3,(H2,18,19,20);1H. The highest BCUT2D eigenvalue weighted by Crippen LogP contribution is 2.22. The van der Waals surface area contributed by atoms with Crippen molar-refractivity contribution in [1.82, 2.24) is 15.5 Å². The van der Waals surface area contributed by atoms with Gasteiger partial charge >= 0.3 is 0 Å². The minimum absolute atomic E-state index is 0. The number of aliphatic imine (C=N–C) groups is 1. The highest BCUT2D eigenvalue weighted by molar-refractivity contribution is 14.0. The third-order valence-corrected chi connectivity index (χ3v) is 3.75. The molecule has 0 spiro atoms. The van der Waals surface area contributed by atoms with E-state index < -0.39 is 0 Å². The zero-order chi connectivity index (χ0) is 16.7. The van der Waals surface area contributed by atoms with Gasteiger partial charge in [0.1, 0.15) is 0 Å². The second-order valence-electron chi connectivity index (χ2n) is 5.44. The highest BCUT2D eigenvalue weighted by atomic mass is 127. The molecule has 0 saturated carbocycles. The molecule has 0 saturated heterocycles. The molecule has 2 rings (SSSR count). The van der Waals surface area contributed by atoms with Crippen molar-refractivity contribution in [2.75, 3.05) is 26.7 Å². The Hall–Kier alpha value is -1.64. The van der Waals surface area contributed by atoms with E-state index in [2.05, 4.69) is 22.5 Å². The van der Waals surface area contributed by atoms with Gasteiger partial charge in [-0.15, -0.1) is 24.0 Å². The van der Waals surface area contributed by atoms with Crippen molar-refractivity contribution in [1.29, 1.82) is 0 Å². The molecule has 2 N–H and O–H groups in total. The third kappa shape index (κ3) is 4.93. The molecule has 132 valence electrons. The van der Waals surface area contributed by atoms with Gasteiger partial charge in [0.15, 0.2) is 5.96 Å². The SMILES string of the molecule is CCCNC(=NC)NCCCCN1C(=O)c2ccccc2C1=O.I. The third-order valence-electron chi connectivity index (χ3n) is 3.75. The number of guanidine groups is 1. The van der Waals surface area contributed by atoms with Gasteiger partial charge < -0.3 is 10.6 Å². The molecular formula is C17H25IN4O2. The summed E-state index contributed by atoms with van der Waals surface area (Å²) in [5, 5.41) is 6.42. The van der Waals surface area contributed by atoms with E-state index >= 15 is 0 Å². The van der Waals surface area contributed by atoms with Gasteiger partial charge in [0.2, 0.25) is 0 Å². The Morgan fingerprint density at radius 2 is 1.62 bits per heavy atom. The molecule has 1 aliphatic rings. The number of carbonyl (C=O) groups is 2. The molecule has 0 bridgehead atoms. The number of nitrogens with zero attached hydrogens (tertiary/aromatic N) is 2. The normalized spacial score (nSPS) is 13.6. The second-order valence-corrected chi connectivity index (χ2v) is 5.44. The number of imide groups is 1. The minimum Gasteiger partial charge on any atom is -0.356 e. The van der Waals surface area contributed by atoms with E-state index in [1.807, 2.05) is 0 Å². The predicted molar refractivity (Wildman–Crippen MR) is 106 cm³/mol. The van der Waals surface area contributed by atoms with Crippen LogP contribution in [0, 0.1) is 0 Å². The van der Waals surface area contributed by atoms with E-state index in [1.165, 1.54) is 4.90 Å². The van der Waals surface area contributed by atoms with Gasteiger partial charge in [-0.25, -0.2) is 0 Å². The van der Waals surface area contributed by atoms with Crippen molar-refractivity contribution < 1.29 is 9.59 Å². The number of hydrogen-bond donors (Lipinski definition) is 2. The summed E-state index contributed by atoms with van der Waals surface area (Å²) in [6, 6.07) is 6.99. The summed E-state index contributed by atoms with van der Waals surface area (Å²) < 4.78 is 0. The maximum absolute atomic E-state index is 12.2. The van der Waals surface area contributed by atoms with Crippen molar-refractivity contribution in [3.8, 4) is 0 Å². The molecule has 24 heavy (non-hydrogen) atoms. The summed E-state index contributed by atoms with van der Waals surface area (Å²) in [7, 11) is 1.74. The van der Waals surface area contributed by atoms with Gasteiger partial charge in [0.05, 0.1) is 11.1 Å². The first-order valence-corrected chi connectivity index (χ1v) is 8.08. The Morgan fingerprint density at radius 1 is 1.04 bits per heavy atom. The van der Waals surface area contributed by atoms with Crippen molar-refractivity contribution in [2.24, 2.45) is 4.99 Å². The molecule has 1 aromatic carbocycles. The molecule has 1 aromatic rings. The van der Waals surface area contributed by atoms with Crippen LogP contribution in [0.15, 0.2) is 29.3 Å². The number of halogens is 1. The Balaban J connectivity index is 0.00000288. The lowest BCUT2D eigenvalue weighted by Crippen LogP contribution is -2.38. The fourth-order valence-corrected chi connectivity index (χ4v) is 2.51. The van der Waals surface area contributed by atoms with Crippen molar-refractivity contribution in [3.05, 3.63) is 35.4 Å². The van der Waals surface area contributed by atoms with Crippen LogP contribution in [0.3, 0.4) is 0 Å². The summed E-state index contributed by atoms with van der Waals surface area (Å²) in [6.07, 6.45) is 2.67. The Bertz CT molecular complexity index is 569. The first-order valence-electron chi connectivity index (χ1n) is 8.08. The average Bonchev–Trinajstić information content (AvgIpc) is 2.82. The summed E-state index contributed by atoms with van der Waals surface area (Å²) in [6.45, 7) is 4.19. The molecule has 2 amide bonds. The van der Waals surface area contributed by atoms with E-state index in [9.17, 15) is 9.59 Å². The maximum Gasteiger partial charge on any atom is 0.261 e. The van der Waals surface area contributed by atoms with Gasteiger partial charge in [-0.05, 0) is 31.4 Å². The second kappa shape index (κ2) is 10.3. The lowest BCUT2D eigenvalue weighted by Gasteiger charge is -2.14. The van der Waals surface area contributed by atoms with Crippen LogP contribution in [0.25, 0.3) is 0 Å². The maximum atomic E-state index is 12.2. The molecule has 0 unspecified atom stereocenters. The summed E-state index contributed by atoms with van der Waals surface area (Å²) in [4.78, 5) is 29.9. The Kier molecular flexibility index (Phi) is 8.73. The van der Waals surface area contributed by atoms with Crippen molar-refractivity contribution in [3.63, 3.8) is 0 Å². The van der Waals surface area contributed by atoms with E-state index in [-0.39, 0.29) is 35.8 Å². The first kappa shape index (κ1) is 20.4. The number of benzene rings is 1. The Labute approximate surface area is 160 Å². The topological polar surface area (TPSA) is 73.8 Å². The van der Waals surface area contributed by atoms with Crippen LogP contribution in [-0.4, -0.2) is 49.4 Å². The molecule has 0 atom stereocenters. The Morgan fingerprint density at radius 3 is 2.17 bits per heavy atom. The van der Waals surface area contributed by atoms with Crippen LogP contribution in [0.2, 0.25) is 0 Å². The molecule has 6 nitrogen and oxygen atoms in total. The average molecular weight is 444 g/mol. The molecular weight excluding hydrogens is 419 g/mol. The number of fused-ring (bicyclic) bond motifs is 1. The monoisotopic (exact) mass is 444 g/mol. The van der Waals surface area contributed by atoms with Gasteiger partial charge in [0.25, 0.3) is 11.8 Å². The number of nitrogens with one attached hydrogen (secondary N) is 2. The van der Waals surface area contributed by atoms with Gasteiger partial charge in [-0.1, -0.05) is 19.1 Å². The number of amides is 2. The lowest BCUT2D eigenvalue weighted by atomic mass is 10.1. The summed E-state index contributed by atoms with van der Waals surface area (Å²) >= 11 is 0. The van der Waals surface area contributed by atoms with Crippen LogP contribution >= 0.6 is 24.0 Å².